The van der Waals surface area contributed by atoms with Gasteiger partial charge in [-0.25, -0.2) is 4.79 Å². The van der Waals surface area contributed by atoms with Gasteiger partial charge in [-0.15, -0.1) is 0 Å². The van der Waals surface area contributed by atoms with Crippen molar-refractivity contribution in [1.82, 2.24) is 9.55 Å². The number of aromatic nitrogens is 2. The van der Waals surface area contributed by atoms with Gasteiger partial charge < -0.3 is 4.98 Å². The number of aromatic amines is 1. The Balaban J connectivity index is 2.35. The summed E-state index contributed by atoms with van der Waals surface area (Å²) >= 11 is 17.8. The number of nitrogens with zero attached hydrogens (tertiary/aromatic N) is 1. The van der Waals surface area contributed by atoms with Crippen molar-refractivity contribution < 1.29 is 0 Å². The van der Waals surface area contributed by atoms with Gasteiger partial charge in [-0.3, -0.25) is 4.57 Å². The summed E-state index contributed by atoms with van der Waals surface area (Å²) < 4.78 is 1.50. The van der Waals surface area contributed by atoms with Crippen LogP contribution >= 0.6 is 34.8 Å². The molecule has 2 aromatic carbocycles. The summed E-state index contributed by atoms with van der Waals surface area (Å²) in [4.78, 5) is 14.8. The SMILES string of the molecule is O=c1[nH]c2ccc(Cl)cc2n1-c1ccc(Cl)c(Cl)c1. The lowest BCUT2D eigenvalue weighted by Gasteiger charge is -2.05. The van der Waals surface area contributed by atoms with Crippen LogP contribution in [0.15, 0.2) is 41.2 Å². The third-order valence-electron chi connectivity index (χ3n) is 2.81. The van der Waals surface area contributed by atoms with Crippen LogP contribution in [-0.2, 0) is 0 Å². The first-order valence-corrected chi connectivity index (χ1v) is 6.55. The minimum atomic E-state index is -0.254. The maximum Gasteiger partial charge on any atom is 0.331 e. The summed E-state index contributed by atoms with van der Waals surface area (Å²) in [6.07, 6.45) is 0. The van der Waals surface area contributed by atoms with Gasteiger partial charge in [0.05, 0.1) is 26.8 Å². The average molecular weight is 314 g/mol. The van der Waals surface area contributed by atoms with Crippen LogP contribution < -0.4 is 5.69 Å². The van der Waals surface area contributed by atoms with Crippen LogP contribution in [0.2, 0.25) is 15.1 Å². The number of hydrogen-bond acceptors (Lipinski definition) is 1. The zero-order chi connectivity index (χ0) is 13.6. The van der Waals surface area contributed by atoms with Crippen molar-refractivity contribution in [3.63, 3.8) is 0 Å². The second kappa shape index (κ2) is 4.60. The Hall–Kier alpha value is -1.42. The van der Waals surface area contributed by atoms with Gasteiger partial charge in [-0.2, -0.15) is 0 Å². The number of H-pyrrole nitrogens is 1. The van der Waals surface area contributed by atoms with E-state index in [9.17, 15) is 4.79 Å². The highest BCUT2D eigenvalue weighted by Gasteiger charge is 2.10. The third kappa shape index (κ3) is 2.14. The first-order valence-electron chi connectivity index (χ1n) is 5.42. The van der Waals surface area contributed by atoms with Gasteiger partial charge in [-0.05, 0) is 36.4 Å². The number of halogens is 3. The Kier molecular flexibility index (Phi) is 3.05. The number of nitrogens with one attached hydrogen (secondary N) is 1. The van der Waals surface area contributed by atoms with Crippen molar-refractivity contribution >= 4 is 45.8 Å². The maximum atomic E-state index is 12.0. The highest BCUT2D eigenvalue weighted by Crippen LogP contribution is 2.26. The quantitative estimate of drug-likeness (QED) is 0.715. The van der Waals surface area contributed by atoms with E-state index < -0.39 is 0 Å². The summed E-state index contributed by atoms with van der Waals surface area (Å²) in [5.41, 5.74) is 1.78. The normalized spacial score (nSPS) is 11.1. The smallest absolute Gasteiger partial charge is 0.305 e. The molecule has 0 fully saturated rings. The lowest BCUT2D eigenvalue weighted by Crippen LogP contribution is -2.14. The molecule has 0 aliphatic rings. The Morgan fingerprint density at radius 2 is 1.74 bits per heavy atom. The molecule has 0 spiro atoms. The minimum absolute atomic E-state index is 0.254. The highest BCUT2D eigenvalue weighted by molar-refractivity contribution is 6.42. The van der Waals surface area contributed by atoms with Gasteiger partial charge in [0.15, 0.2) is 0 Å². The molecule has 0 amide bonds. The molecule has 0 saturated heterocycles. The van der Waals surface area contributed by atoms with Crippen molar-refractivity contribution in [3.8, 4) is 5.69 Å². The predicted molar refractivity (Wildman–Crippen MR) is 78.9 cm³/mol. The van der Waals surface area contributed by atoms with Crippen molar-refractivity contribution in [1.29, 1.82) is 0 Å². The molecule has 1 N–H and O–H groups in total. The van der Waals surface area contributed by atoms with E-state index in [4.69, 9.17) is 34.8 Å². The Morgan fingerprint density at radius 3 is 2.47 bits per heavy atom. The monoisotopic (exact) mass is 312 g/mol. The fraction of sp³-hybridized carbons (Fsp3) is 0. The van der Waals surface area contributed by atoms with Crippen molar-refractivity contribution in [2.45, 2.75) is 0 Å². The number of fused-ring (bicyclic) bond motifs is 1. The van der Waals surface area contributed by atoms with E-state index in [-0.39, 0.29) is 5.69 Å². The van der Waals surface area contributed by atoms with Crippen LogP contribution in [-0.4, -0.2) is 9.55 Å². The standard InChI is InChI=1S/C13H7Cl3N2O/c14-7-1-4-11-12(5-7)18(13(19)17-11)8-2-3-9(15)10(16)6-8/h1-6H,(H,17,19). The Morgan fingerprint density at radius 1 is 0.947 bits per heavy atom. The molecule has 0 radical (unpaired) electrons. The molecule has 0 unspecified atom stereocenters. The van der Waals surface area contributed by atoms with Gasteiger partial charge in [0.25, 0.3) is 0 Å². The number of hydrogen-bond donors (Lipinski definition) is 1. The lowest BCUT2D eigenvalue weighted by molar-refractivity contribution is 1.02. The van der Waals surface area contributed by atoms with Crippen molar-refractivity contribution in [2.75, 3.05) is 0 Å². The van der Waals surface area contributed by atoms with Gasteiger partial charge in [-0.1, -0.05) is 34.8 Å². The summed E-state index contributed by atoms with van der Waals surface area (Å²) in [6, 6.07) is 10.2. The van der Waals surface area contributed by atoms with Crippen LogP contribution in [0.25, 0.3) is 16.7 Å². The largest absolute Gasteiger partial charge is 0.331 e. The molecule has 1 aromatic heterocycles. The molecule has 19 heavy (non-hydrogen) atoms. The number of imidazole rings is 1. The van der Waals surface area contributed by atoms with Gasteiger partial charge in [0, 0.05) is 5.02 Å². The zero-order valence-corrected chi connectivity index (χ0v) is 11.7. The van der Waals surface area contributed by atoms with Crippen molar-refractivity contribution in [2.24, 2.45) is 0 Å². The molecular weight excluding hydrogens is 307 g/mol. The molecule has 3 rings (SSSR count). The van der Waals surface area contributed by atoms with Crippen LogP contribution in [0, 0.1) is 0 Å². The molecule has 6 heteroatoms. The second-order valence-electron chi connectivity index (χ2n) is 4.03. The van der Waals surface area contributed by atoms with Crippen molar-refractivity contribution in [3.05, 3.63) is 62.0 Å². The van der Waals surface area contributed by atoms with E-state index in [1.54, 1.807) is 36.4 Å². The first kappa shape index (κ1) is 12.6. The van der Waals surface area contributed by atoms with Gasteiger partial charge >= 0.3 is 5.69 Å². The predicted octanol–water partition coefficient (Wildman–Crippen LogP) is 4.28. The summed E-state index contributed by atoms with van der Waals surface area (Å²) in [6.45, 7) is 0. The molecule has 0 bridgehead atoms. The van der Waals surface area contributed by atoms with E-state index in [1.165, 1.54) is 4.57 Å². The molecule has 96 valence electrons. The van der Waals surface area contributed by atoms with Crippen LogP contribution in [0.1, 0.15) is 0 Å². The summed E-state index contributed by atoms with van der Waals surface area (Å²) in [5, 5.41) is 1.39. The molecule has 3 aromatic rings. The van der Waals surface area contributed by atoms with Crippen LogP contribution in [0.3, 0.4) is 0 Å². The fourth-order valence-electron chi connectivity index (χ4n) is 1.96. The molecule has 0 saturated carbocycles. The molecule has 1 heterocycles. The van der Waals surface area contributed by atoms with Gasteiger partial charge in [0.1, 0.15) is 0 Å². The Bertz CT molecular complexity index is 836. The summed E-state index contributed by atoms with van der Waals surface area (Å²) in [7, 11) is 0. The van der Waals surface area contributed by atoms with E-state index in [1.807, 2.05) is 0 Å². The zero-order valence-electron chi connectivity index (χ0n) is 9.45. The lowest BCUT2D eigenvalue weighted by atomic mass is 10.3. The second-order valence-corrected chi connectivity index (χ2v) is 5.28. The number of rotatable bonds is 1. The minimum Gasteiger partial charge on any atom is -0.305 e. The van der Waals surface area contributed by atoms with Crippen LogP contribution in [0.5, 0.6) is 0 Å². The van der Waals surface area contributed by atoms with E-state index in [0.29, 0.717) is 31.8 Å². The third-order valence-corrected chi connectivity index (χ3v) is 3.78. The summed E-state index contributed by atoms with van der Waals surface area (Å²) in [5.74, 6) is 0. The fourth-order valence-corrected chi connectivity index (χ4v) is 2.42. The maximum absolute atomic E-state index is 12.0. The van der Waals surface area contributed by atoms with Gasteiger partial charge in [0.2, 0.25) is 0 Å². The van der Waals surface area contributed by atoms with E-state index in [0.717, 1.165) is 0 Å². The average Bonchev–Trinajstić information content (AvgIpc) is 2.68. The molecule has 0 atom stereocenters. The highest BCUT2D eigenvalue weighted by atomic mass is 35.5. The number of benzene rings is 2. The van der Waals surface area contributed by atoms with Crippen LogP contribution in [0.4, 0.5) is 0 Å². The molecule has 0 aliphatic carbocycles. The van der Waals surface area contributed by atoms with E-state index >= 15 is 0 Å². The molecule has 3 nitrogen and oxygen atoms in total. The first-order chi connectivity index (χ1) is 9.06. The van der Waals surface area contributed by atoms with E-state index in [2.05, 4.69) is 4.98 Å². The topological polar surface area (TPSA) is 37.8 Å². The Labute approximate surface area is 123 Å². The molecular formula is C13H7Cl3N2O. The molecule has 0 aliphatic heterocycles.